The number of benzene rings is 1. The Morgan fingerprint density at radius 3 is 1.48 bits per heavy atom. The molecule has 5 N–H and O–H groups in total. The Bertz CT molecular complexity index is 2650. The fourth-order valence-corrected chi connectivity index (χ4v) is 11.4. The zero-order chi connectivity index (χ0) is 69.8. The van der Waals surface area contributed by atoms with Crippen molar-refractivity contribution in [2.75, 3.05) is 55.9 Å². The molecule has 24 nitrogen and oxygen atoms in total. The van der Waals surface area contributed by atoms with Crippen molar-refractivity contribution >= 4 is 65.0 Å². The molecule has 1 saturated heterocycles. The molecule has 1 aliphatic heterocycles. The number of aliphatic hydroxyl groups excluding tert-OH is 1. The first-order chi connectivity index (χ1) is 42.3. The van der Waals surface area contributed by atoms with Gasteiger partial charge in [-0.05, 0) is 101 Å². The van der Waals surface area contributed by atoms with Crippen LogP contribution in [0.3, 0.4) is 0 Å². The molecule has 2 rings (SSSR count). The minimum atomic E-state index is -1.64. The summed E-state index contributed by atoms with van der Waals surface area (Å²) in [5.74, 6) is -10.1. The van der Waals surface area contributed by atoms with Crippen LogP contribution in [-0.2, 0) is 64.1 Å². The minimum Gasteiger partial charge on any atom is -0.390 e. The number of ether oxygens (including phenoxy) is 1. The number of likely N-dealkylation sites (N-methyl/N-ethyl adjacent to an activating group) is 7. The van der Waals surface area contributed by atoms with Gasteiger partial charge in [-0.25, -0.2) is 0 Å². The van der Waals surface area contributed by atoms with Crippen molar-refractivity contribution in [3.8, 4) is 0 Å². The lowest BCUT2D eigenvalue weighted by Crippen LogP contribution is -2.63. The summed E-state index contributed by atoms with van der Waals surface area (Å²) >= 11 is 0. The van der Waals surface area contributed by atoms with Gasteiger partial charge in [0.1, 0.15) is 60.4 Å². The SMILES string of the molecule is C/C=C/C[C@@H](C)[C@@H](O)[C@H]1C(=O)N[C@@H](CC)C(=O)N(C)CC(=O)N(C)[C@@H]([C@@H](C)OCc2ccccc2)C(=O)N[C@@H](C(C)C)C(=O)N(C)[C@@H](CC(C)C)C(=O)N[C@@H](C)C(=O)N[C@H](C)C(=O)N(C)[C@@H](CC(C)C)C(=O)N(C)[C@@H](CC(C)C)C(=O)N(C)[C@@H](C(C)C)C(=O)N1C. The lowest BCUT2D eigenvalue weighted by atomic mass is 9.91. The van der Waals surface area contributed by atoms with Crippen LogP contribution in [0, 0.1) is 35.5 Å². The summed E-state index contributed by atoms with van der Waals surface area (Å²) in [6, 6.07) is -3.79. The quantitative estimate of drug-likeness (QED) is 0.139. The van der Waals surface area contributed by atoms with E-state index in [1.54, 1.807) is 67.5 Å². The van der Waals surface area contributed by atoms with Crippen LogP contribution in [0.15, 0.2) is 42.5 Å². The maximum Gasteiger partial charge on any atom is 0.246 e. The Morgan fingerprint density at radius 1 is 0.516 bits per heavy atom. The summed E-state index contributed by atoms with van der Waals surface area (Å²) in [5.41, 5.74) is 0.764. The molecule has 0 aliphatic carbocycles. The van der Waals surface area contributed by atoms with Crippen molar-refractivity contribution in [3.05, 3.63) is 48.0 Å². The molecule has 13 atom stereocenters. The Hall–Kier alpha value is -6.95. The third-order valence-electron chi connectivity index (χ3n) is 17.1. The van der Waals surface area contributed by atoms with Gasteiger partial charge >= 0.3 is 0 Å². The van der Waals surface area contributed by atoms with Crippen LogP contribution in [-0.4, -0.2) is 233 Å². The number of rotatable bonds is 17. The van der Waals surface area contributed by atoms with Gasteiger partial charge in [0.25, 0.3) is 0 Å². The van der Waals surface area contributed by atoms with E-state index in [4.69, 9.17) is 4.74 Å². The summed E-state index contributed by atoms with van der Waals surface area (Å²) in [7, 11) is 9.80. The Labute approximate surface area is 542 Å². The molecule has 11 amide bonds. The number of carbonyl (C=O) groups excluding carboxylic acids is 11. The van der Waals surface area contributed by atoms with Crippen molar-refractivity contribution in [1.29, 1.82) is 0 Å². The maximum atomic E-state index is 15.2. The highest BCUT2D eigenvalue weighted by molar-refractivity contribution is 5.99. The van der Waals surface area contributed by atoms with Gasteiger partial charge in [-0.3, -0.25) is 52.7 Å². The zero-order valence-corrected chi connectivity index (χ0v) is 58.9. The molecular weight excluding hydrogens is 1170 g/mol. The van der Waals surface area contributed by atoms with Crippen LogP contribution in [0.25, 0.3) is 0 Å². The first-order valence-corrected chi connectivity index (χ1v) is 32.3. The van der Waals surface area contributed by atoms with Crippen LogP contribution < -0.4 is 21.3 Å². The lowest BCUT2D eigenvalue weighted by molar-refractivity contribution is -0.157. The number of allylic oxidation sites excluding steroid dienone is 2. The second kappa shape index (κ2) is 36.9. The molecule has 0 unspecified atom stereocenters. The third-order valence-corrected chi connectivity index (χ3v) is 17.1. The maximum absolute atomic E-state index is 15.2. The molecule has 0 aromatic heterocycles. The van der Waals surface area contributed by atoms with Crippen molar-refractivity contribution in [1.82, 2.24) is 55.6 Å². The molecule has 0 bridgehead atoms. The van der Waals surface area contributed by atoms with E-state index < -0.39 is 162 Å². The second-order valence-corrected chi connectivity index (χ2v) is 26.9. The normalized spacial score (nSPS) is 26.2. The van der Waals surface area contributed by atoms with Gasteiger partial charge in [0.05, 0.1) is 25.4 Å². The van der Waals surface area contributed by atoms with Gasteiger partial charge in [0, 0.05) is 49.3 Å². The summed E-state index contributed by atoms with van der Waals surface area (Å²) in [6.07, 6.45) is 1.73. The van der Waals surface area contributed by atoms with E-state index in [9.17, 15) is 43.5 Å². The Morgan fingerprint density at radius 2 is 0.989 bits per heavy atom. The van der Waals surface area contributed by atoms with E-state index in [2.05, 4.69) is 21.3 Å². The van der Waals surface area contributed by atoms with Gasteiger partial charge in [-0.15, -0.1) is 0 Å². The molecule has 1 heterocycles. The van der Waals surface area contributed by atoms with Crippen LogP contribution >= 0.6 is 0 Å². The molecule has 1 fully saturated rings. The molecular formula is C67H113N11O13. The standard InChI is InChI=1S/C67H113N11O13/c1-24-26-30-43(13)57(80)56-61(84)70-48(25-2)63(86)72(17)36-52(79)76(21)55(46(16)91-37-47-31-28-27-29-32-47)60(83)71-53(41(9)10)66(89)73(18)49(33-38(3)4)59(82)68-44(14)58(81)69-45(15)62(85)74(19)50(34-39(5)6)64(87)75(20)51(35-40(7)8)65(88)77(22)54(42(11)12)67(90)78(56)23/h24,26-29,31-32,38-46,48-51,53-57,80H,25,30,33-37H2,1-23H3,(H,68,82)(H,69,81)(H,70,84)(H,71,83)/b26-24+/t43-,44+,45-,46-,48+,49+,50+,51+,53+,54+,55+,56+,57-/m1/s1. The highest BCUT2D eigenvalue weighted by Gasteiger charge is 2.46. The van der Waals surface area contributed by atoms with Gasteiger partial charge in [0.2, 0.25) is 65.0 Å². The zero-order valence-electron chi connectivity index (χ0n) is 58.9. The van der Waals surface area contributed by atoms with Gasteiger partial charge in [-0.1, -0.05) is 126 Å². The number of amides is 11. The molecule has 0 radical (unpaired) electrons. The molecule has 514 valence electrons. The highest BCUT2D eigenvalue weighted by atomic mass is 16.5. The molecule has 1 aromatic rings. The first kappa shape index (κ1) is 80.1. The predicted molar refractivity (Wildman–Crippen MR) is 350 cm³/mol. The number of hydrogen-bond acceptors (Lipinski definition) is 13. The molecule has 1 aromatic carbocycles. The van der Waals surface area contributed by atoms with E-state index in [1.165, 1.54) is 82.8 Å². The molecule has 91 heavy (non-hydrogen) atoms. The Balaban J connectivity index is 3.02. The van der Waals surface area contributed by atoms with Crippen molar-refractivity contribution < 1.29 is 62.6 Å². The largest absolute Gasteiger partial charge is 0.390 e. The van der Waals surface area contributed by atoms with E-state index in [1.807, 2.05) is 71.9 Å². The van der Waals surface area contributed by atoms with Crippen molar-refractivity contribution in [2.24, 2.45) is 35.5 Å². The highest BCUT2D eigenvalue weighted by Crippen LogP contribution is 2.26. The van der Waals surface area contributed by atoms with Crippen LogP contribution in [0.4, 0.5) is 0 Å². The molecule has 1 aliphatic rings. The number of carbonyl (C=O) groups is 11. The first-order valence-electron chi connectivity index (χ1n) is 32.3. The molecule has 24 heteroatoms. The number of hydrogen-bond donors (Lipinski definition) is 5. The summed E-state index contributed by atoms with van der Waals surface area (Å²) < 4.78 is 6.26. The van der Waals surface area contributed by atoms with Crippen molar-refractivity contribution in [2.45, 2.75) is 222 Å². The second-order valence-electron chi connectivity index (χ2n) is 26.9. The van der Waals surface area contributed by atoms with E-state index in [0.717, 1.165) is 20.3 Å². The fourth-order valence-electron chi connectivity index (χ4n) is 11.4. The topological polar surface area (TPSA) is 288 Å². The molecule has 0 saturated carbocycles. The monoisotopic (exact) mass is 1280 g/mol. The lowest BCUT2D eigenvalue weighted by Gasteiger charge is -2.41. The summed E-state index contributed by atoms with van der Waals surface area (Å²) in [5, 5.41) is 23.1. The van der Waals surface area contributed by atoms with Crippen LogP contribution in [0.5, 0.6) is 0 Å². The predicted octanol–water partition coefficient (Wildman–Crippen LogP) is 3.83. The minimum absolute atomic E-state index is 0.00787. The Kier molecular flexibility index (Phi) is 32.5. The summed E-state index contributed by atoms with van der Waals surface area (Å²) in [6.45, 7) is 27.0. The third kappa shape index (κ3) is 22.4. The molecule has 0 spiro atoms. The van der Waals surface area contributed by atoms with Crippen LogP contribution in [0.1, 0.15) is 148 Å². The van der Waals surface area contributed by atoms with Crippen molar-refractivity contribution in [3.63, 3.8) is 0 Å². The smallest absolute Gasteiger partial charge is 0.246 e. The van der Waals surface area contributed by atoms with Gasteiger partial charge in [-0.2, -0.15) is 0 Å². The summed E-state index contributed by atoms with van der Waals surface area (Å²) in [4.78, 5) is 170. The number of nitrogens with one attached hydrogen (secondary N) is 4. The van der Waals surface area contributed by atoms with E-state index in [-0.39, 0.29) is 50.0 Å². The number of aliphatic hydroxyl groups is 1. The average molecular weight is 1280 g/mol. The van der Waals surface area contributed by atoms with E-state index >= 15 is 14.4 Å². The number of nitrogens with zero attached hydrogens (tertiary/aromatic N) is 7. The van der Waals surface area contributed by atoms with Crippen LogP contribution in [0.2, 0.25) is 0 Å². The fraction of sp³-hybridized carbons (Fsp3) is 0.716. The van der Waals surface area contributed by atoms with E-state index in [0.29, 0.717) is 6.42 Å². The van der Waals surface area contributed by atoms with Gasteiger partial charge in [0.15, 0.2) is 0 Å². The van der Waals surface area contributed by atoms with Gasteiger partial charge < -0.3 is 65.4 Å². The average Bonchev–Trinajstić information content (AvgIpc) is 2.39.